The van der Waals surface area contributed by atoms with Gasteiger partial charge in [0.15, 0.2) is 12.3 Å². The molecule has 0 heterocycles. The molecule has 0 unspecified atom stereocenters. The Bertz CT molecular complexity index is 853. The fraction of sp³-hybridized carbons (Fsp3) is 0.391. The number of ether oxygens (including phenoxy) is 2. The van der Waals surface area contributed by atoms with Gasteiger partial charge in [-0.15, -0.1) is 0 Å². The standard InChI is InChI=1S/C23H27N3O3/c1-3-25-21-14-9-17(24-2)15-22(21)26-23(27)16-28-18-10-12-20(13-11-18)29-19-7-5-4-6-8-19/h9-15,19,25H,3-8,16H2,1H3,(H,26,27). The second kappa shape index (κ2) is 10.4. The molecule has 6 heteroatoms. The second-order valence-corrected chi connectivity index (χ2v) is 7.06. The van der Waals surface area contributed by atoms with Crippen molar-refractivity contribution in [2.24, 2.45) is 0 Å². The second-order valence-electron chi connectivity index (χ2n) is 7.06. The van der Waals surface area contributed by atoms with Crippen LogP contribution in [0, 0.1) is 6.57 Å². The summed E-state index contributed by atoms with van der Waals surface area (Å²) in [6.45, 7) is 9.72. The first kappa shape index (κ1) is 20.5. The van der Waals surface area contributed by atoms with Crippen LogP contribution >= 0.6 is 0 Å². The third-order valence-electron chi connectivity index (χ3n) is 4.82. The number of hydrogen-bond donors (Lipinski definition) is 2. The molecule has 2 aromatic rings. The van der Waals surface area contributed by atoms with E-state index in [-0.39, 0.29) is 12.5 Å². The topological polar surface area (TPSA) is 64.0 Å². The van der Waals surface area contributed by atoms with Gasteiger partial charge in [-0.25, -0.2) is 4.85 Å². The molecule has 0 aliphatic heterocycles. The summed E-state index contributed by atoms with van der Waals surface area (Å²) in [5.74, 6) is 1.16. The van der Waals surface area contributed by atoms with E-state index in [2.05, 4.69) is 15.5 Å². The lowest BCUT2D eigenvalue weighted by Gasteiger charge is -2.23. The zero-order chi connectivity index (χ0) is 20.5. The van der Waals surface area contributed by atoms with E-state index >= 15 is 0 Å². The summed E-state index contributed by atoms with van der Waals surface area (Å²) < 4.78 is 11.6. The fourth-order valence-corrected chi connectivity index (χ4v) is 3.37. The third kappa shape index (κ3) is 6.15. The van der Waals surface area contributed by atoms with Gasteiger partial charge in [0.05, 0.1) is 24.1 Å². The van der Waals surface area contributed by atoms with Crippen molar-refractivity contribution in [1.82, 2.24) is 0 Å². The van der Waals surface area contributed by atoms with E-state index < -0.39 is 0 Å². The average molecular weight is 393 g/mol. The van der Waals surface area contributed by atoms with Gasteiger partial charge < -0.3 is 20.1 Å². The van der Waals surface area contributed by atoms with Crippen LogP contribution in [0.4, 0.5) is 17.1 Å². The first-order valence-corrected chi connectivity index (χ1v) is 10.1. The quantitative estimate of drug-likeness (QED) is 0.590. The Hall–Kier alpha value is -3.20. The number of rotatable bonds is 8. The summed E-state index contributed by atoms with van der Waals surface area (Å²) in [5, 5.41) is 5.99. The highest BCUT2D eigenvalue weighted by Crippen LogP contribution is 2.28. The molecular formula is C23H27N3O3. The smallest absolute Gasteiger partial charge is 0.262 e. The van der Waals surface area contributed by atoms with Crippen LogP contribution in [-0.4, -0.2) is 25.2 Å². The Kier molecular flexibility index (Phi) is 7.34. The first-order valence-electron chi connectivity index (χ1n) is 10.1. The number of nitrogens with one attached hydrogen (secondary N) is 2. The highest BCUT2D eigenvalue weighted by atomic mass is 16.5. The molecule has 3 rings (SSSR count). The number of anilines is 2. The lowest BCUT2D eigenvalue weighted by Crippen LogP contribution is -2.21. The molecule has 1 aliphatic carbocycles. The number of carbonyl (C=O) groups is 1. The van der Waals surface area contributed by atoms with Crippen LogP contribution in [0.15, 0.2) is 42.5 Å². The Balaban J connectivity index is 1.52. The zero-order valence-electron chi connectivity index (χ0n) is 16.7. The SMILES string of the molecule is [C-]#[N+]c1ccc(NCC)c(NC(=O)COc2ccc(OC3CCCCC3)cc2)c1. The molecule has 0 spiro atoms. The molecule has 1 aliphatic rings. The normalized spacial score (nSPS) is 13.9. The number of benzene rings is 2. The molecule has 1 amide bonds. The molecule has 0 atom stereocenters. The van der Waals surface area contributed by atoms with Gasteiger partial charge in [0.2, 0.25) is 0 Å². The number of nitrogens with zero attached hydrogens (tertiary/aromatic N) is 1. The van der Waals surface area contributed by atoms with Crippen LogP contribution in [0.3, 0.4) is 0 Å². The predicted octanol–water partition coefficient (Wildman–Crippen LogP) is 5.40. The van der Waals surface area contributed by atoms with Crippen LogP contribution in [0.2, 0.25) is 0 Å². The van der Waals surface area contributed by atoms with Crippen molar-refractivity contribution < 1.29 is 14.3 Å². The van der Waals surface area contributed by atoms with Gasteiger partial charge in [-0.05, 0) is 69.0 Å². The van der Waals surface area contributed by atoms with Crippen LogP contribution < -0.4 is 20.1 Å². The maximum Gasteiger partial charge on any atom is 0.262 e. The van der Waals surface area contributed by atoms with E-state index in [1.807, 2.05) is 31.2 Å². The maximum atomic E-state index is 12.3. The molecule has 0 aromatic heterocycles. The number of hydrogen-bond acceptors (Lipinski definition) is 4. The highest BCUT2D eigenvalue weighted by Gasteiger charge is 2.15. The molecule has 2 N–H and O–H groups in total. The van der Waals surface area contributed by atoms with E-state index in [1.54, 1.807) is 18.2 Å². The van der Waals surface area contributed by atoms with E-state index in [1.165, 1.54) is 19.3 Å². The van der Waals surface area contributed by atoms with Gasteiger partial charge in [-0.2, -0.15) is 0 Å². The van der Waals surface area contributed by atoms with Gasteiger partial charge in [-0.3, -0.25) is 4.79 Å². The Morgan fingerprint density at radius 3 is 2.48 bits per heavy atom. The average Bonchev–Trinajstić information content (AvgIpc) is 2.75. The summed E-state index contributed by atoms with van der Waals surface area (Å²) in [7, 11) is 0. The molecule has 2 aromatic carbocycles. The third-order valence-corrected chi connectivity index (χ3v) is 4.82. The maximum absolute atomic E-state index is 12.3. The van der Waals surface area contributed by atoms with Gasteiger partial charge in [-0.1, -0.05) is 12.5 Å². The van der Waals surface area contributed by atoms with Crippen LogP contribution in [0.25, 0.3) is 4.85 Å². The van der Waals surface area contributed by atoms with E-state index in [9.17, 15) is 4.79 Å². The van der Waals surface area contributed by atoms with E-state index in [0.717, 1.165) is 24.3 Å². The number of amides is 1. The molecular weight excluding hydrogens is 366 g/mol. The Labute approximate surface area is 172 Å². The largest absolute Gasteiger partial charge is 0.490 e. The monoisotopic (exact) mass is 393 g/mol. The molecule has 152 valence electrons. The summed E-state index contributed by atoms with van der Waals surface area (Å²) in [6.07, 6.45) is 6.29. The van der Waals surface area contributed by atoms with Crippen molar-refractivity contribution in [2.75, 3.05) is 23.8 Å². The van der Waals surface area contributed by atoms with Gasteiger partial charge in [0.1, 0.15) is 11.5 Å². The first-order chi connectivity index (χ1) is 14.2. The molecule has 29 heavy (non-hydrogen) atoms. The number of carbonyl (C=O) groups excluding carboxylic acids is 1. The lowest BCUT2D eigenvalue weighted by molar-refractivity contribution is -0.118. The van der Waals surface area contributed by atoms with Crippen molar-refractivity contribution >= 4 is 23.0 Å². The molecule has 0 radical (unpaired) electrons. The van der Waals surface area contributed by atoms with E-state index in [4.69, 9.17) is 16.0 Å². The minimum Gasteiger partial charge on any atom is -0.490 e. The van der Waals surface area contributed by atoms with Crippen molar-refractivity contribution in [2.45, 2.75) is 45.1 Å². The summed E-state index contributed by atoms with van der Waals surface area (Å²) >= 11 is 0. The van der Waals surface area contributed by atoms with Gasteiger partial charge >= 0.3 is 0 Å². The minimum absolute atomic E-state index is 0.114. The summed E-state index contributed by atoms with van der Waals surface area (Å²) in [5.41, 5.74) is 1.82. The summed E-state index contributed by atoms with van der Waals surface area (Å²) in [6, 6.07) is 12.5. The van der Waals surface area contributed by atoms with E-state index in [0.29, 0.717) is 29.8 Å². The minimum atomic E-state index is -0.284. The fourth-order valence-electron chi connectivity index (χ4n) is 3.37. The van der Waals surface area contributed by atoms with Crippen LogP contribution in [0.1, 0.15) is 39.0 Å². The van der Waals surface area contributed by atoms with Crippen molar-refractivity contribution in [3.8, 4) is 11.5 Å². The van der Waals surface area contributed by atoms with Crippen LogP contribution in [0.5, 0.6) is 11.5 Å². The lowest BCUT2D eigenvalue weighted by atomic mass is 9.98. The summed E-state index contributed by atoms with van der Waals surface area (Å²) in [4.78, 5) is 15.7. The molecule has 6 nitrogen and oxygen atoms in total. The van der Waals surface area contributed by atoms with Crippen molar-refractivity contribution in [3.63, 3.8) is 0 Å². The Morgan fingerprint density at radius 2 is 1.79 bits per heavy atom. The molecule has 0 bridgehead atoms. The molecule has 1 saturated carbocycles. The zero-order valence-corrected chi connectivity index (χ0v) is 16.7. The van der Waals surface area contributed by atoms with Crippen molar-refractivity contribution in [3.05, 3.63) is 53.9 Å². The van der Waals surface area contributed by atoms with Crippen molar-refractivity contribution in [1.29, 1.82) is 0 Å². The molecule has 0 saturated heterocycles. The van der Waals surface area contributed by atoms with Crippen LogP contribution in [-0.2, 0) is 4.79 Å². The highest BCUT2D eigenvalue weighted by molar-refractivity contribution is 5.96. The molecule has 1 fully saturated rings. The predicted molar refractivity (Wildman–Crippen MR) is 115 cm³/mol. The van der Waals surface area contributed by atoms with Gasteiger partial charge in [0, 0.05) is 6.54 Å². The Morgan fingerprint density at radius 1 is 1.07 bits per heavy atom. The van der Waals surface area contributed by atoms with Gasteiger partial charge in [0.25, 0.3) is 5.91 Å².